The normalized spacial score (nSPS) is 16.6. The molecule has 1 amide bonds. The zero-order valence-corrected chi connectivity index (χ0v) is 12.9. The van der Waals surface area contributed by atoms with Gasteiger partial charge >= 0.3 is 0 Å². The summed E-state index contributed by atoms with van der Waals surface area (Å²) in [6.45, 7) is -0.189. The molecule has 0 atom stereocenters. The van der Waals surface area contributed by atoms with Crippen molar-refractivity contribution in [1.82, 2.24) is 10.0 Å². The zero-order valence-electron chi connectivity index (χ0n) is 12.0. The summed E-state index contributed by atoms with van der Waals surface area (Å²) in [5.41, 5.74) is 0.706. The van der Waals surface area contributed by atoms with Gasteiger partial charge in [-0.3, -0.25) is 4.79 Å². The summed E-state index contributed by atoms with van der Waals surface area (Å²) in [6.07, 6.45) is 5.45. The maximum absolute atomic E-state index is 11.9. The van der Waals surface area contributed by atoms with Crippen LogP contribution in [-0.4, -0.2) is 26.9 Å². The highest BCUT2D eigenvalue weighted by Crippen LogP contribution is 2.17. The molecule has 0 aromatic heterocycles. The minimum absolute atomic E-state index is 0.107. The van der Waals surface area contributed by atoms with Crippen molar-refractivity contribution in [3.8, 4) is 0 Å². The van der Waals surface area contributed by atoms with E-state index < -0.39 is 10.0 Å². The molecule has 1 aromatic rings. The van der Waals surface area contributed by atoms with Crippen LogP contribution in [-0.2, 0) is 20.6 Å². The molecule has 0 heterocycles. The molecule has 1 aromatic carbocycles. The van der Waals surface area contributed by atoms with Crippen molar-refractivity contribution in [3.63, 3.8) is 0 Å². The largest absolute Gasteiger partial charge is 0.352 e. The number of sulfonamides is 1. The van der Waals surface area contributed by atoms with Crippen LogP contribution in [0.4, 0.5) is 0 Å². The van der Waals surface area contributed by atoms with E-state index in [4.69, 9.17) is 0 Å². The molecule has 0 unspecified atom stereocenters. The summed E-state index contributed by atoms with van der Waals surface area (Å²) in [6, 6.07) is 9.12. The molecular formula is C15H22N2O3S. The quantitative estimate of drug-likeness (QED) is 0.837. The fourth-order valence-electron chi connectivity index (χ4n) is 2.55. The van der Waals surface area contributed by atoms with E-state index in [0.29, 0.717) is 5.56 Å². The van der Waals surface area contributed by atoms with E-state index in [-0.39, 0.29) is 24.2 Å². The summed E-state index contributed by atoms with van der Waals surface area (Å²) < 4.78 is 26.2. The molecule has 1 fully saturated rings. The van der Waals surface area contributed by atoms with Gasteiger partial charge in [-0.1, -0.05) is 49.6 Å². The molecule has 1 aliphatic rings. The average Bonchev–Trinajstić information content (AvgIpc) is 2.47. The molecular weight excluding hydrogens is 288 g/mol. The smallest absolute Gasteiger partial charge is 0.235 e. The molecule has 5 nitrogen and oxygen atoms in total. The van der Waals surface area contributed by atoms with Gasteiger partial charge in [0, 0.05) is 6.04 Å². The summed E-state index contributed by atoms with van der Waals surface area (Å²) >= 11 is 0. The minimum Gasteiger partial charge on any atom is -0.352 e. The van der Waals surface area contributed by atoms with Crippen molar-refractivity contribution in [1.29, 1.82) is 0 Å². The SMILES string of the molecule is O=C(CNS(=O)(=O)Cc1ccccc1)NC1CCCCC1. The third-order valence-electron chi connectivity index (χ3n) is 3.62. The summed E-state index contributed by atoms with van der Waals surface area (Å²) in [7, 11) is -3.48. The zero-order chi connectivity index (χ0) is 15.1. The molecule has 0 bridgehead atoms. The first-order valence-corrected chi connectivity index (χ1v) is 9.01. The number of carbonyl (C=O) groups is 1. The Kier molecular flexibility index (Phi) is 5.76. The molecule has 1 aliphatic carbocycles. The van der Waals surface area contributed by atoms with Crippen LogP contribution in [0.15, 0.2) is 30.3 Å². The van der Waals surface area contributed by atoms with Crippen LogP contribution in [0.2, 0.25) is 0 Å². The lowest BCUT2D eigenvalue weighted by atomic mass is 9.95. The molecule has 0 radical (unpaired) electrons. The average molecular weight is 310 g/mol. The monoisotopic (exact) mass is 310 g/mol. The standard InChI is InChI=1S/C15H22N2O3S/c18-15(17-14-9-5-2-6-10-14)11-16-21(19,20)12-13-7-3-1-4-8-13/h1,3-4,7-8,14,16H,2,5-6,9-12H2,(H,17,18). The van der Waals surface area contributed by atoms with Crippen molar-refractivity contribution in [2.45, 2.75) is 43.9 Å². The number of benzene rings is 1. The maximum Gasteiger partial charge on any atom is 0.235 e. The van der Waals surface area contributed by atoms with Gasteiger partial charge in [0.2, 0.25) is 15.9 Å². The number of hydrogen-bond acceptors (Lipinski definition) is 3. The number of carbonyl (C=O) groups excluding carboxylic acids is 1. The maximum atomic E-state index is 11.9. The van der Waals surface area contributed by atoms with Crippen LogP contribution in [0.25, 0.3) is 0 Å². The van der Waals surface area contributed by atoms with Crippen LogP contribution >= 0.6 is 0 Å². The second-order valence-electron chi connectivity index (χ2n) is 5.47. The van der Waals surface area contributed by atoms with E-state index in [2.05, 4.69) is 10.0 Å². The highest BCUT2D eigenvalue weighted by Gasteiger charge is 2.17. The lowest BCUT2D eigenvalue weighted by molar-refractivity contribution is -0.120. The van der Waals surface area contributed by atoms with Gasteiger partial charge in [-0.15, -0.1) is 0 Å². The van der Waals surface area contributed by atoms with Gasteiger partial charge in [0.15, 0.2) is 0 Å². The topological polar surface area (TPSA) is 75.3 Å². The Hall–Kier alpha value is -1.40. The van der Waals surface area contributed by atoms with E-state index in [1.165, 1.54) is 6.42 Å². The van der Waals surface area contributed by atoms with Crippen LogP contribution in [0, 0.1) is 0 Å². The van der Waals surface area contributed by atoms with Gasteiger partial charge in [0.05, 0.1) is 12.3 Å². The van der Waals surface area contributed by atoms with E-state index in [9.17, 15) is 13.2 Å². The van der Waals surface area contributed by atoms with Crippen LogP contribution in [0.5, 0.6) is 0 Å². The highest BCUT2D eigenvalue weighted by molar-refractivity contribution is 7.88. The Morgan fingerprint density at radius 1 is 1.10 bits per heavy atom. The highest BCUT2D eigenvalue weighted by atomic mass is 32.2. The summed E-state index contributed by atoms with van der Waals surface area (Å²) in [5.74, 6) is -0.358. The molecule has 2 rings (SSSR count). The Morgan fingerprint density at radius 3 is 2.43 bits per heavy atom. The summed E-state index contributed by atoms with van der Waals surface area (Å²) in [4.78, 5) is 11.8. The van der Waals surface area contributed by atoms with Gasteiger partial charge in [-0.25, -0.2) is 13.1 Å². The number of rotatable bonds is 6. The third-order valence-corrected chi connectivity index (χ3v) is 4.92. The number of amides is 1. The molecule has 0 spiro atoms. The van der Waals surface area contributed by atoms with Crippen molar-refractivity contribution in [2.24, 2.45) is 0 Å². The second-order valence-corrected chi connectivity index (χ2v) is 7.28. The van der Waals surface area contributed by atoms with E-state index >= 15 is 0 Å². The Morgan fingerprint density at radius 2 is 1.76 bits per heavy atom. The third kappa shape index (κ3) is 5.85. The Labute approximate surface area is 126 Å². The van der Waals surface area contributed by atoms with Crippen LogP contribution in [0.1, 0.15) is 37.7 Å². The fraction of sp³-hybridized carbons (Fsp3) is 0.533. The van der Waals surface area contributed by atoms with Gasteiger partial charge in [-0.2, -0.15) is 0 Å². The minimum atomic E-state index is -3.48. The van der Waals surface area contributed by atoms with Crippen molar-refractivity contribution < 1.29 is 13.2 Å². The molecule has 1 saturated carbocycles. The van der Waals surface area contributed by atoms with Crippen molar-refractivity contribution in [3.05, 3.63) is 35.9 Å². The fourth-order valence-corrected chi connectivity index (χ4v) is 3.63. The molecule has 21 heavy (non-hydrogen) atoms. The lowest BCUT2D eigenvalue weighted by Gasteiger charge is -2.22. The second kappa shape index (κ2) is 7.56. The van der Waals surface area contributed by atoms with Crippen LogP contribution in [0.3, 0.4) is 0 Å². The predicted molar refractivity (Wildman–Crippen MR) is 82.1 cm³/mol. The Balaban J connectivity index is 1.77. The van der Waals surface area contributed by atoms with Crippen molar-refractivity contribution >= 4 is 15.9 Å². The first kappa shape index (κ1) is 16.0. The molecule has 6 heteroatoms. The first-order valence-electron chi connectivity index (χ1n) is 7.36. The Bertz CT molecular complexity index is 552. The molecule has 116 valence electrons. The van der Waals surface area contributed by atoms with E-state index in [0.717, 1.165) is 25.7 Å². The molecule has 2 N–H and O–H groups in total. The van der Waals surface area contributed by atoms with Crippen molar-refractivity contribution in [2.75, 3.05) is 6.54 Å². The number of hydrogen-bond donors (Lipinski definition) is 2. The first-order chi connectivity index (χ1) is 10.1. The predicted octanol–water partition coefficient (Wildman–Crippen LogP) is 1.55. The van der Waals surface area contributed by atoms with Crippen LogP contribution < -0.4 is 10.0 Å². The molecule has 0 saturated heterocycles. The van der Waals surface area contributed by atoms with Gasteiger partial charge < -0.3 is 5.32 Å². The van der Waals surface area contributed by atoms with E-state index in [1.807, 2.05) is 6.07 Å². The van der Waals surface area contributed by atoms with Gasteiger partial charge in [-0.05, 0) is 18.4 Å². The lowest BCUT2D eigenvalue weighted by Crippen LogP contribution is -2.42. The summed E-state index contributed by atoms with van der Waals surface area (Å²) in [5, 5.41) is 2.89. The van der Waals surface area contributed by atoms with E-state index in [1.54, 1.807) is 24.3 Å². The number of nitrogens with one attached hydrogen (secondary N) is 2. The van der Waals surface area contributed by atoms with Gasteiger partial charge in [0.1, 0.15) is 0 Å². The molecule has 0 aliphatic heterocycles. The van der Waals surface area contributed by atoms with Gasteiger partial charge in [0.25, 0.3) is 0 Å².